The third-order valence-corrected chi connectivity index (χ3v) is 0.214. The molecule has 0 radical (unpaired) electrons. The van der Waals surface area contributed by atoms with Gasteiger partial charge in [-0.2, -0.15) is 0 Å². The molecule has 0 atom stereocenters. The minimum Gasteiger partial charge on any atom is 0 e. The van der Waals surface area contributed by atoms with E-state index in [9.17, 15) is 9.59 Å². The molecule has 3 nitrogen and oxygen atoms in total. The van der Waals surface area contributed by atoms with E-state index >= 15 is 0 Å². The SMILES string of the molecule is CC(=O)OC=O.[NaH].[Zn]. The predicted molar refractivity (Wildman–Crippen MR) is 25.0 cm³/mol. The summed E-state index contributed by atoms with van der Waals surface area (Å²) in [5.41, 5.74) is 0. The molecule has 0 aliphatic rings. The summed E-state index contributed by atoms with van der Waals surface area (Å²) in [6, 6.07) is 0. The molecular formula is C3H5NaO3Zn. The zero-order valence-corrected chi connectivity index (χ0v) is 6.98. The summed E-state index contributed by atoms with van der Waals surface area (Å²) in [7, 11) is 0. The van der Waals surface area contributed by atoms with Gasteiger partial charge in [-0.15, -0.1) is 0 Å². The molecule has 0 aromatic rings. The number of rotatable bonds is 1. The molecule has 0 aliphatic heterocycles. The van der Waals surface area contributed by atoms with Crippen LogP contribution in [0.4, 0.5) is 0 Å². The third kappa shape index (κ3) is 15.9. The Morgan fingerprint density at radius 3 is 2.00 bits per heavy atom. The van der Waals surface area contributed by atoms with Gasteiger partial charge in [0.15, 0.2) is 0 Å². The van der Waals surface area contributed by atoms with Crippen molar-refractivity contribution in [2.75, 3.05) is 0 Å². The van der Waals surface area contributed by atoms with Crippen molar-refractivity contribution in [3.63, 3.8) is 0 Å². The zero-order valence-electron chi connectivity index (χ0n) is 4.01. The second kappa shape index (κ2) is 10.7. The molecule has 5 heteroatoms. The second-order valence-electron chi connectivity index (χ2n) is 0.706. The van der Waals surface area contributed by atoms with Gasteiger partial charge in [0.05, 0.1) is 0 Å². The van der Waals surface area contributed by atoms with Gasteiger partial charge in [0.25, 0.3) is 0 Å². The minimum atomic E-state index is -0.579. The standard InChI is InChI=1S/C3H4O3.Na.Zn.H/c1-3(5)6-2-4;;;/h2H,1H3;;;. The molecule has 0 spiro atoms. The Labute approximate surface area is 82.2 Å². The molecule has 0 saturated carbocycles. The van der Waals surface area contributed by atoms with E-state index in [4.69, 9.17) is 0 Å². The number of carbonyl (C=O) groups is 2. The number of carbonyl (C=O) groups excluding carboxylic acids is 2. The van der Waals surface area contributed by atoms with Crippen LogP contribution in [0.25, 0.3) is 0 Å². The van der Waals surface area contributed by atoms with Crippen molar-refractivity contribution in [3.05, 3.63) is 0 Å². The van der Waals surface area contributed by atoms with Crippen LogP contribution in [0.2, 0.25) is 0 Å². The Morgan fingerprint density at radius 2 is 2.00 bits per heavy atom. The smallest absolute Gasteiger partial charge is 0 e. The first-order valence-corrected chi connectivity index (χ1v) is 1.38. The van der Waals surface area contributed by atoms with Crippen LogP contribution in [0.1, 0.15) is 6.92 Å². The topological polar surface area (TPSA) is 43.4 Å². The van der Waals surface area contributed by atoms with Crippen molar-refractivity contribution >= 4 is 42.0 Å². The number of esters is 1. The number of hydrogen-bond acceptors (Lipinski definition) is 3. The van der Waals surface area contributed by atoms with Gasteiger partial charge in [0.2, 0.25) is 0 Å². The summed E-state index contributed by atoms with van der Waals surface area (Å²) in [4.78, 5) is 18.8. The Kier molecular flexibility index (Phi) is 21.2. The molecule has 0 fully saturated rings. The summed E-state index contributed by atoms with van der Waals surface area (Å²) < 4.78 is 3.72. The van der Waals surface area contributed by atoms with E-state index in [-0.39, 0.29) is 55.5 Å². The summed E-state index contributed by atoms with van der Waals surface area (Å²) in [5, 5.41) is 0. The van der Waals surface area contributed by atoms with Crippen LogP contribution in [0, 0.1) is 0 Å². The van der Waals surface area contributed by atoms with E-state index in [0.29, 0.717) is 0 Å². The van der Waals surface area contributed by atoms with Gasteiger partial charge >= 0.3 is 42.0 Å². The van der Waals surface area contributed by atoms with Gasteiger partial charge in [-0.25, -0.2) is 0 Å². The maximum atomic E-state index is 9.59. The van der Waals surface area contributed by atoms with Crippen molar-refractivity contribution in [1.29, 1.82) is 0 Å². The Morgan fingerprint density at radius 1 is 1.62 bits per heavy atom. The first kappa shape index (κ1) is 15.9. The molecule has 0 aromatic carbocycles. The molecule has 0 N–H and O–H groups in total. The normalized spacial score (nSPS) is 5.12. The van der Waals surface area contributed by atoms with Gasteiger partial charge in [0.1, 0.15) is 0 Å². The van der Waals surface area contributed by atoms with Crippen molar-refractivity contribution in [2.24, 2.45) is 0 Å². The first-order chi connectivity index (χ1) is 2.77. The van der Waals surface area contributed by atoms with Gasteiger partial charge < -0.3 is 4.74 Å². The largest absolute Gasteiger partial charge is 0 e. The van der Waals surface area contributed by atoms with Crippen molar-refractivity contribution in [2.45, 2.75) is 6.92 Å². The third-order valence-electron chi connectivity index (χ3n) is 0.214. The van der Waals surface area contributed by atoms with Crippen molar-refractivity contribution in [1.82, 2.24) is 0 Å². The van der Waals surface area contributed by atoms with Crippen LogP contribution < -0.4 is 0 Å². The van der Waals surface area contributed by atoms with Crippen molar-refractivity contribution in [3.8, 4) is 0 Å². The monoisotopic (exact) mass is 176 g/mol. The average Bonchev–Trinajstić information content (AvgIpc) is 1.35. The van der Waals surface area contributed by atoms with E-state index < -0.39 is 5.97 Å². The number of ether oxygens (including phenoxy) is 1. The molecule has 0 bridgehead atoms. The fourth-order valence-electron chi connectivity index (χ4n) is 0.0678. The molecule has 0 heterocycles. The quantitative estimate of drug-likeness (QED) is 0.225. The van der Waals surface area contributed by atoms with Gasteiger partial charge in [-0.3, -0.25) is 9.59 Å². The van der Waals surface area contributed by atoms with Gasteiger partial charge in [0, 0.05) is 26.4 Å². The zero-order chi connectivity index (χ0) is 4.99. The van der Waals surface area contributed by atoms with E-state index in [1.54, 1.807) is 0 Å². The van der Waals surface area contributed by atoms with E-state index in [2.05, 4.69) is 4.74 Å². The maximum Gasteiger partial charge on any atom is 0 e. The molecule has 0 unspecified atom stereocenters. The Balaban J connectivity index is -0.000000125. The van der Waals surface area contributed by atoms with Crippen LogP contribution in [-0.2, 0) is 33.8 Å². The molecule has 0 aromatic heterocycles. The summed E-state index contributed by atoms with van der Waals surface area (Å²) in [6.07, 6.45) is 0. The average molecular weight is 177 g/mol. The summed E-state index contributed by atoms with van der Waals surface area (Å²) in [6.45, 7) is 1.26. The molecule has 0 aliphatic carbocycles. The summed E-state index contributed by atoms with van der Waals surface area (Å²) >= 11 is 0. The molecule has 0 amide bonds. The maximum absolute atomic E-state index is 9.59. The predicted octanol–water partition coefficient (Wildman–Crippen LogP) is -0.945. The first-order valence-electron chi connectivity index (χ1n) is 1.38. The Hall–Kier alpha value is 0.763. The van der Waals surface area contributed by atoms with E-state index in [1.807, 2.05) is 0 Å². The van der Waals surface area contributed by atoms with Crippen LogP contribution >= 0.6 is 0 Å². The molecule has 38 valence electrons. The van der Waals surface area contributed by atoms with Gasteiger partial charge in [-0.1, -0.05) is 0 Å². The van der Waals surface area contributed by atoms with Crippen LogP contribution in [0.3, 0.4) is 0 Å². The molecule has 8 heavy (non-hydrogen) atoms. The number of hydrogen-bond donors (Lipinski definition) is 0. The summed E-state index contributed by atoms with van der Waals surface area (Å²) in [5.74, 6) is -0.579. The minimum absolute atomic E-state index is 0. The fourth-order valence-corrected chi connectivity index (χ4v) is 0.0678. The fraction of sp³-hybridized carbons (Fsp3) is 0.333. The van der Waals surface area contributed by atoms with E-state index in [1.165, 1.54) is 0 Å². The van der Waals surface area contributed by atoms with Crippen LogP contribution in [0.15, 0.2) is 0 Å². The van der Waals surface area contributed by atoms with Crippen LogP contribution in [0.5, 0.6) is 0 Å². The Bertz CT molecular complexity index is 74.9. The van der Waals surface area contributed by atoms with Crippen molar-refractivity contribution < 1.29 is 33.8 Å². The van der Waals surface area contributed by atoms with Gasteiger partial charge in [-0.05, 0) is 0 Å². The molecule has 0 saturated heterocycles. The van der Waals surface area contributed by atoms with Crippen LogP contribution in [-0.4, -0.2) is 42.0 Å². The molecular weight excluding hydrogens is 172 g/mol. The molecule has 0 rings (SSSR count). The second-order valence-corrected chi connectivity index (χ2v) is 0.706. The van der Waals surface area contributed by atoms with E-state index in [0.717, 1.165) is 6.92 Å².